The predicted octanol–water partition coefficient (Wildman–Crippen LogP) is 2.11. The van der Waals surface area contributed by atoms with Crippen molar-refractivity contribution in [2.45, 2.75) is 58.2 Å². The van der Waals surface area contributed by atoms with Gasteiger partial charge in [0.2, 0.25) is 0 Å². The molecule has 0 aromatic heterocycles. The summed E-state index contributed by atoms with van der Waals surface area (Å²) < 4.78 is 0. The van der Waals surface area contributed by atoms with Gasteiger partial charge in [0.1, 0.15) is 0 Å². The summed E-state index contributed by atoms with van der Waals surface area (Å²) in [5.41, 5.74) is 0. The van der Waals surface area contributed by atoms with Crippen molar-refractivity contribution in [2.75, 3.05) is 13.1 Å². The van der Waals surface area contributed by atoms with Crippen molar-refractivity contribution in [3.05, 3.63) is 0 Å². The number of nitrogens with zero attached hydrogens (tertiary/aromatic N) is 1. The molecule has 2 nitrogen and oxygen atoms in total. The maximum Gasteiger partial charge on any atom is 0.0660 e. The quantitative estimate of drug-likeness (QED) is 0.752. The molecule has 1 saturated heterocycles. The van der Waals surface area contributed by atoms with E-state index in [4.69, 9.17) is 6.42 Å². The lowest BCUT2D eigenvalue weighted by Crippen LogP contribution is -2.59. The van der Waals surface area contributed by atoms with E-state index < -0.39 is 0 Å². The minimum absolute atomic E-state index is 0.216. The highest BCUT2D eigenvalue weighted by Crippen LogP contribution is 2.35. The van der Waals surface area contributed by atoms with E-state index in [-0.39, 0.29) is 6.04 Å². The molecule has 2 heteroatoms. The van der Waals surface area contributed by atoms with Crippen LogP contribution in [-0.2, 0) is 0 Å². The average Bonchev–Trinajstić information content (AvgIpc) is 2.27. The number of nitrogens with one attached hydrogen (secondary N) is 1. The van der Waals surface area contributed by atoms with E-state index in [0.29, 0.717) is 12.1 Å². The third-order valence-electron chi connectivity index (χ3n) is 4.53. The Kier molecular flexibility index (Phi) is 4.12. The van der Waals surface area contributed by atoms with Crippen molar-refractivity contribution >= 4 is 0 Å². The smallest absolute Gasteiger partial charge is 0.0660 e. The molecule has 0 spiro atoms. The number of rotatable bonds is 3. The molecule has 96 valence electrons. The third kappa shape index (κ3) is 2.84. The molecule has 3 atom stereocenters. The number of fused-ring (bicyclic) bond motifs is 2. The van der Waals surface area contributed by atoms with Gasteiger partial charge in [-0.1, -0.05) is 12.3 Å². The highest BCUT2D eigenvalue weighted by molar-refractivity contribution is 5.02. The van der Waals surface area contributed by atoms with E-state index in [1.54, 1.807) is 0 Å². The molecular weight excluding hydrogens is 208 g/mol. The summed E-state index contributed by atoms with van der Waals surface area (Å²) in [6.07, 6.45) is 9.64. The maximum absolute atomic E-state index is 5.49. The van der Waals surface area contributed by atoms with Gasteiger partial charge in [-0.25, -0.2) is 0 Å². The fourth-order valence-electron chi connectivity index (χ4n) is 3.50. The molecular formula is C15H26N2. The summed E-state index contributed by atoms with van der Waals surface area (Å²) >= 11 is 0. The Morgan fingerprint density at radius 1 is 1.18 bits per heavy atom. The number of hydrogen-bond acceptors (Lipinski definition) is 2. The van der Waals surface area contributed by atoms with Gasteiger partial charge >= 0.3 is 0 Å². The first-order valence-electron chi connectivity index (χ1n) is 7.08. The van der Waals surface area contributed by atoms with E-state index in [2.05, 4.69) is 36.9 Å². The Bertz CT molecular complexity index is 278. The van der Waals surface area contributed by atoms with Gasteiger partial charge in [0.25, 0.3) is 0 Å². The van der Waals surface area contributed by atoms with Crippen LogP contribution >= 0.6 is 0 Å². The van der Waals surface area contributed by atoms with Crippen LogP contribution in [-0.4, -0.2) is 36.1 Å². The average molecular weight is 234 g/mol. The van der Waals surface area contributed by atoms with Crippen LogP contribution in [0.3, 0.4) is 0 Å². The normalized spacial score (nSPS) is 35.6. The lowest BCUT2D eigenvalue weighted by molar-refractivity contribution is 0.0281. The molecule has 1 aliphatic heterocycles. The van der Waals surface area contributed by atoms with Crippen molar-refractivity contribution in [1.29, 1.82) is 0 Å². The lowest BCUT2D eigenvalue weighted by Gasteiger charge is -2.49. The van der Waals surface area contributed by atoms with Crippen LogP contribution in [0.5, 0.6) is 0 Å². The second-order valence-corrected chi connectivity index (χ2v) is 6.08. The molecule has 1 heterocycles. The Labute approximate surface area is 106 Å². The molecule has 0 aromatic carbocycles. The first kappa shape index (κ1) is 12.9. The van der Waals surface area contributed by atoms with Gasteiger partial charge in [-0.3, -0.25) is 0 Å². The van der Waals surface area contributed by atoms with E-state index >= 15 is 0 Å². The van der Waals surface area contributed by atoms with Crippen LogP contribution in [0.25, 0.3) is 0 Å². The van der Waals surface area contributed by atoms with Crippen LogP contribution in [0, 0.1) is 24.2 Å². The Morgan fingerprint density at radius 3 is 2.24 bits per heavy atom. The number of terminal acetylenes is 1. The fourth-order valence-corrected chi connectivity index (χ4v) is 3.50. The van der Waals surface area contributed by atoms with Crippen molar-refractivity contribution < 1.29 is 0 Å². The second kappa shape index (κ2) is 5.42. The molecule has 3 unspecified atom stereocenters. The Hall–Kier alpha value is -0.520. The molecule has 1 aliphatic carbocycles. The van der Waals surface area contributed by atoms with Crippen molar-refractivity contribution in [3.8, 4) is 12.3 Å². The standard InChI is InChI=1S/C15H26N2/c1-5-12(4)16-15-13-7-6-8-14(15)10-17(9-13)11(2)3/h1,11-16H,6-10H2,2-4H3. The predicted molar refractivity (Wildman–Crippen MR) is 72.8 cm³/mol. The largest absolute Gasteiger partial charge is 0.300 e. The number of likely N-dealkylation sites (tertiary alicyclic amines) is 1. The summed E-state index contributed by atoms with van der Waals surface area (Å²) in [5.74, 6) is 4.42. The van der Waals surface area contributed by atoms with Gasteiger partial charge < -0.3 is 10.2 Å². The molecule has 0 aromatic rings. The lowest BCUT2D eigenvalue weighted by atomic mass is 9.73. The highest BCUT2D eigenvalue weighted by Gasteiger charge is 2.40. The molecule has 0 amide bonds. The zero-order valence-corrected chi connectivity index (χ0v) is 11.4. The van der Waals surface area contributed by atoms with Gasteiger partial charge in [-0.2, -0.15) is 0 Å². The zero-order chi connectivity index (χ0) is 12.4. The van der Waals surface area contributed by atoms with E-state index in [0.717, 1.165) is 11.8 Å². The molecule has 0 radical (unpaired) electrons. The minimum atomic E-state index is 0.216. The first-order valence-corrected chi connectivity index (χ1v) is 7.08. The van der Waals surface area contributed by atoms with Gasteiger partial charge in [0.05, 0.1) is 6.04 Å². The van der Waals surface area contributed by atoms with Crippen LogP contribution in [0.2, 0.25) is 0 Å². The first-order chi connectivity index (χ1) is 8.11. The Morgan fingerprint density at radius 2 is 1.76 bits per heavy atom. The van der Waals surface area contributed by atoms with Crippen molar-refractivity contribution in [3.63, 3.8) is 0 Å². The zero-order valence-electron chi connectivity index (χ0n) is 11.4. The van der Waals surface area contributed by atoms with Crippen LogP contribution in [0.15, 0.2) is 0 Å². The van der Waals surface area contributed by atoms with Crippen LogP contribution in [0.1, 0.15) is 40.0 Å². The van der Waals surface area contributed by atoms with Gasteiger partial charge in [-0.15, -0.1) is 6.42 Å². The van der Waals surface area contributed by atoms with Crippen molar-refractivity contribution in [1.82, 2.24) is 10.2 Å². The summed E-state index contributed by atoms with van der Waals surface area (Å²) in [4.78, 5) is 2.65. The molecule has 2 rings (SSSR count). The maximum atomic E-state index is 5.49. The molecule has 2 fully saturated rings. The van der Waals surface area contributed by atoms with Gasteiger partial charge in [0.15, 0.2) is 0 Å². The summed E-state index contributed by atoms with van der Waals surface area (Å²) in [6, 6.07) is 1.56. The SMILES string of the molecule is C#CC(C)NC1C2CCCC1CN(C(C)C)C2. The second-order valence-electron chi connectivity index (χ2n) is 6.08. The summed E-state index contributed by atoms with van der Waals surface area (Å²) in [5, 5.41) is 3.67. The number of piperidine rings is 1. The fraction of sp³-hybridized carbons (Fsp3) is 0.867. The molecule has 2 bridgehead atoms. The van der Waals surface area contributed by atoms with E-state index in [1.807, 2.05) is 0 Å². The molecule has 1 saturated carbocycles. The van der Waals surface area contributed by atoms with Gasteiger partial charge in [-0.05, 0) is 45.4 Å². The Balaban J connectivity index is 2.02. The summed E-state index contributed by atoms with van der Waals surface area (Å²) in [7, 11) is 0. The minimum Gasteiger partial charge on any atom is -0.300 e. The van der Waals surface area contributed by atoms with E-state index in [1.165, 1.54) is 32.4 Å². The topological polar surface area (TPSA) is 15.3 Å². The highest BCUT2D eigenvalue weighted by atomic mass is 15.2. The molecule has 1 N–H and O–H groups in total. The summed E-state index contributed by atoms with van der Waals surface area (Å²) in [6.45, 7) is 9.23. The van der Waals surface area contributed by atoms with Gasteiger partial charge in [0, 0.05) is 25.2 Å². The van der Waals surface area contributed by atoms with Crippen molar-refractivity contribution in [2.24, 2.45) is 11.8 Å². The van der Waals surface area contributed by atoms with Crippen LogP contribution < -0.4 is 5.32 Å². The van der Waals surface area contributed by atoms with Crippen LogP contribution in [0.4, 0.5) is 0 Å². The van der Waals surface area contributed by atoms with E-state index in [9.17, 15) is 0 Å². The molecule has 17 heavy (non-hydrogen) atoms. The monoisotopic (exact) mass is 234 g/mol. The molecule has 2 aliphatic rings. The number of hydrogen-bond donors (Lipinski definition) is 1. The third-order valence-corrected chi connectivity index (χ3v) is 4.53.